The normalized spacial score (nSPS) is 39.0. The van der Waals surface area contributed by atoms with Crippen LogP contribution in [0.25, 0.3) is 0 Å². The van der Waals surface area contributed by atoms with Crippen molar-refractivity contribution in [2.24, 2.45) is 17.3 Å². The van der Waals surface area contributed by atoms with Gasteiger partial charge in [-0.05, 0) is 11.3 Å². The van der Waals surface area contributed by atoms with Crippen molar-refractivity contribution in [2.45, 2.75) is 39.9 Å². The second-order valence-corrected chi connectivity index (χ2v) is 5.35. The first-order chi connectivity index (χ1) is 6.41. The lowest BCUT2D eigenvalue weighted by atomic mass is 9.78. The molecule has 0 amide bonds. The van der Waals surface area contributed by atoms with E-state index in [9.17, 15) is 5.11 Å². The minimum Gasteiger partial charge on any atom is -0.396 e. The fourth-order valence-corrected chi connectivity index (χ4v) is 2.43. The van der Waals surface area contributed by atoms with Gasteiger partial charge in [0, 0.05) is 12.5 Å². The number of rotatable bonds is 2. The third kappa shape index (κ3) is 2.10. The SMILES string of the molecule is C[C@@H]1[C@H](CO)[C@@H](CO)O[C@H]1C(C)(C)C. The van der Waals surface area contributed by atoms with Crippen molar-refractivity contribution < 1.29 is 14.9 Å². The Morgan fingerprint density at radius 2 is 1.71 bits per heavy atom. The van der Waals surface area contributed by atoms with Gasteiger partial charge in [0.2, 0.25) is 0 Å². The molecule has 1 aliphatic heterocycles. The highest BCUT2D eigenvalue weighted by Crippen LogP contribution is 2.40. The van der Waals surface area contributed by atoms with E-state index >= 15 is 0 Å². The maximum Gasteiger partial charge on any atom is 0.0863 e. The van der Waals surface area contributed by atoms with Gasteiger partial charge in [-0.15, -0.1) is 0 Å². The largest absolute Gasteiger partial charge is 0.396 e. The Balaban J connectivity index is 2.76. The summed E-state index contributed by atoms with van der Waals surface area (Å²) in [4.78, 5) is 0. The van der Waals surface area contributed by atoms with Crippen LogP contribution in [0.1, 0.15) is 27.7 Å². The molecule has 0 aromatic rings. The lowest BCUT2D eigenvalue weighted by Crippen LogP contribution is -2.32. The molecular weight excluding hydrogens is 180 g/mol. The van der Waals surface area contributed by atoms with E-state index in [1.165, 1.54) is 0 Å². The van der Waals surface area contributed by atoms with Gasteiger partial charge in [-0.25, -0.2) is 0 Å². The van der Waals surface area contributed by atoms with Crippen molar-refractivity contribution in [1.29, 1.82) is 0 Å². The molecule has 3 nitrogen and oxygen atoms in total. The molecule has 0 bridgehead atoms. The van der Waals surface area contributed by atoms with Crippen LogP contribution in [0.15, 0.2) is 0 Å². The molecule has 1 fully saturated rings. The van der Waals surface area contributed by atoms with Crippen LogP contribution in [-0.4, -0.2) is 35.6 Å². The Morgan fingerprint density at radius 1 is 1.14 bits per heavy atom. The Kier molecular flexibility index (Phi) is 3.56. The lowest BCUT2D eigenvalue weighted by molar-refractivity contribution is -0.0499. The van der Waals surface area contributed by atoms with Crippen LogP contribution in [0.5, 0.6) is 0 Å². The summed E-state index contributed by atoms with van der Waals surface area (Å²) >= 11 is 0. The molecule has 4 atom stereocenters. The van der Waals surface area contributed by atoms with Gasteiger partial charge in [0.25, 0.3) is 0 Å². The molecule has 1 rings (SSSR count). The maximum absolute atomic E-state index is 9.23. The van der Waals surface area contributed by atoms with Gasteiger partial charge in [-0.1, -0.05) is 27.7 Å². The van der Waals surface area contributed by atoms with E-state index in [-0.39, 0.29) is 36.8 Å². The molecule has 2 N–H and O–H groups in total. The molecule has 0 aromatic heterocycles. The third-order valence-corrected chi connectivity index (χ3v) is 3.20. The second-order valence-electron chi connectivity index (χ2n) is 5.35. The first kappa shape index (κ1) is 12.0. The number of hydrogen-bond acceptors (Lipinski definition) is 3. The van der Waals surface area contributed by atoms with Crippen molar-refractivity contribution in [3.63, 3.8) is 0 Å². The summed E-state index contributed by atoms with van der Waals surface area (Å²) < 4.78 is 5.78. The minimum atomic E-state index is -0.195. The van der Waals surface area contributed by atoms with Crippen molar-refractivity contribution in [3.8, 4) is 0 Å². The topological polar surface area (TPSA) is 49.7 Å². The van der Waals surface area contributed by atoms with Gasteiger partial charge in [0.15, 0.2) is 0 Å². The quantitative estimate of drug-likeness (QED) is 0.703. The summed E-state index contributed by atoms with van der Waals surface area (Å²) in [5, 5.41) is 18.4. The fourth-order valence-electron chi connectivity index (χ4n) is 2.43. The molecule has 14 heavy (non-hydrogen) atoms. The molecule has 3 heteroatoms. The van der Waals surface area contributed by atoms with E-state index in [1.54, 1.807) is 0 Å². The minimum absolute atomic E-state index is 0.00213. The van der Waals surface area contributed by atoms with E-state index in [4.69, 9.17) is 9.84 Å². The predicted molar refractivity (Wildman–Crippen MR) is 54.9 cm³/mol. The van der Waals surface area contributed by atoms with Gasteiger partial charge < -0.3 is 14.9 Å². The number of aliphatic hydroxyl groups is 2. The number of hydrogen-bond donors (Lipinski definition) is 2. The zero-order chi connectivity index (χ0) is 10.9. The smallest absolute Gasteiger partial charge is 0.0863 e. The molecule has 0 unspecified atom stereocenters. The molecule has 1 heterocycles. The highest BCUT2D eigenvalue weighted by Gasteiger charge is 2.45. The fraction of sp³-hybridized carbons (Fsp3) is 1.00. The monoisotopic (exact) mass is 202 g/mol. The second kappa shape index (κ2) is 4.17. The first-order valence-electron chi connectivity index (χ1n) is 5.29. The predicted octanol–water partition coefficient (Wildman–Crippen LogP) is 1.04. The summed E-state index contributed by atoms with van der Waals surface area (Å²) in [6.07, 6.45) is -0.0731. The van der Waals surface area contributed by atoms with Crippen molar-refractivity contribution in [2.75, 3.05) is 13.2 Å². The molecule has 1 saturated heterocycles. The zero-order valence-corrected chi connectivity index (χ0v) is 9.53. The van der Waals surface area contributed by atoms with Crippen LogP contribution >= 0.6 is 0 Å². The van der Waals surface area contributed by atoms with Crippen LogP contribution in [0.2, 0.25) is 0 Å². The summed E-state index contributed by atoms with van der Waals surface area (Å²) in [7, 11) is 0. The van der Waals surface area contributed by atoms with E-state index in [1.807, 2.05) is 0 Å². The molecule has 0 radical (unpaired) electrons. The molecule has 0 aliphatic carbocycles. The van der Waals surface area contributed by atoms with Crippen LogP contribution < -0.4 is 0 Å². The van der Waals surface area contributed by atoms with Crippen molar-refractivity contribution >= 4 is 0 Å². The third-order valence-electron chi connectivity index (χ3n) is 3.20. The summed E-state index contributed by atoms with van der Waals surface area (Å²) in [5.41, 5.74) is 0.0662. The Hall–Kier alpha value is -0.120. The van der Waals surface area contributed by atoms with Gasteiger partial charge in [0.1, 0.15) is 0 Å². The number of aliphatic hydroxyl groups excluding tert-OH is 2. The number of ether oxygens (including phenoxy) is 1. The molecule has 84 valence electrons. The van der Waals surface area contributed by atoms with Gasteiger partial charge in [0.05, 0.1) is 18.8 Å². The lowest BCUT2D eigenvalue weighted by Gasteiger charge is -2.30. The van der Waals surface area contributed by atoms with E-state index in [2.05, 4.69) is 27.7 Å². The molecule has 1 aliphatic rings. The van der Waals surface area contributed by atoms with Gasteiger partial charge in [-0.3, -0.25) is 0 Å². The van der Waals surface area contributed by atoms with E-state index in [0.29, 0.717) is 5.92 Å². The van der Waals surface area contributed by atoms with Crippen LogP contribution in [0, 0.1) is 17.3 Å². The Bertz CT molecular complexity index is 185. The standard InChI is InChI=1S/C11H22O3/c1-7-8(5-12)9(6-13)14-10(7)11(2,3)4/h7-10,12-13H,5-6H2,1-4H3/t7-,8+,9-,10-/m1/s1. The van der Waals surface area contributed by atoms with Crippen molar-refractivity contribution in [3.05, 3.63) is 0 Å². The molecule has 0 saturated carbocycles. The summed E-state index contributed by atoms with van der Waals surface area (Å²) in [5.74, 6) is 0.376. The average molecular weight is 202 g/mol. The van der Waals surface area contributed by atoms with Crippen LogP contribution in [0.3, 0.4) is 0 Å². The highest BCUT2D eigenvalue weighted by atomic mass is 16.5. The van der Waals surface area contributed by atoms with Gasteiger partial charge in [-0.2, -0.15) is 0 Å². The molecular formula is C11H22O3. The van der Waals surface area contributed by atoms with Gasteiger partial charge >= 0.3 is 0 Å². The Morgan fingerprint density at radius 3 is 2.00 bits per heavy atom. The van der Waals surface area contributed by atoms with E-state index < -0.39 is 0 Å². The van der Waals surface area contributed by atoms with E-state index in [0.717, 1.165) is 0 Å². The first-order valence-corrected chi connectivity index (χ1v) is 5.29. The summed E-state index contributed by atoms with van der Waals surface area (Å²) in [6, 6.07) is 0. The summed E-state index contributed by atoms with van der Waals surface area (Å²) in [6.45, 7) is 8.57. The zero-order valence-electron chi connectivity index (χ0n) is 9.53. The van der Waals surface area contributed by atoms with Crippen LogP contribution in [0.4, 0.5) is 0 Å². The van der Waals surface area contributed by atoms with Crippen molar-refractivity contribution in [1.82, 2.24) is 0 Å². The highest BCUT2D eigenvalue weighted by molar-refractivity contribution is 4.92. The van der Waals surface area contributed by atoms with Crippen LogP contribution in [-0.2, 0) is 4.74 Å². The Labute approximate surface area is 86.1 Å². The maximum atomic E-state index is 9.23. The molecule has 0 aromatic carbocycles. The average Bonchev–Trinajstić information content (AvgIpc) is 2.40. The molecule has 0 spiro atoms.